The number of carbonyl (C=O) groups is 1. The van der Waals surface area contributed by atoms with Crippen LogP contribution in [0.1, 0.15) is 44.0 Å². The number of likely N-dealkylation sites (tertiary alicyclic amines) is 1. The number of halogens is 1. The standard InChI is InChI=1S/C20H29ClN6O/c1-16-8-12-26(13-9-16)15-19-23-24-25-27(19)11-3-6-20(28)22-10-7-17-4-2-5-18(21)14-17/h2,4-5,14,16H,3,6-13,15H2,1H3,(H,22,28). The van der Waals surface area contributed by atoms with E-state index >= 15 is 0 Å². The summed E-state index contributed by atoms with van der Waals surface area (Å²) in [5, 5.41) is 15.8. The highest BCUT2D eigenvalue weighted by atomic mass is 35.5. The molecule has 1 amide bonds. The van der Waals surface area contributed by atoms with Crippen LogP contribution in [-0.4, -0.2) is 50.6 Å². The van der Waals surface area contributed by atoms with E-state index < -0.39 is 0 Å². The fraction of sp³-hybridized carbons (Fsp3) is 0.600. The SMILES string of the molecule is CC1CCN(Cc2nnnn2CCCC(=O)NCCc2cccc(Cl)c2)CC1. The molecular formula is C20H29ClN6O. The van der Waals surface area contributed by atoms with Gasteiger partial charge in [0.15, 0.2) is 5.82 Å². The van der Waals surface area contributed by atoms with Crippen LogP contribution in [0, 0.1) is 5.92 Å². The maximum absolute atomic E-state index is 12.1. The molecule has 28 heavy (non-hydrogen) atoms. The van der Waals surface area contributed by atoms with Crippen LogP contribution in [0.15, 0.2) is 24.3 Å². The van der Waals surface area contributed by atoms with Crippen LogP contribution in [0.3, 0.4) is 0 Å². The van der Waals surface area contributed by atoms with Gasteiger partial charge in [-0.2, -0.15) is 0 Å². The molecule has 0 spiro atoms. The van der Waals surface area contributed by atoms with E-state index in [1.54, 1.807) is 0 Å². The third kappa shape index (κ3) is 6.56. The Bertz CT molecular complexity index is 757. The van der Waals surface area contributed by atoms with Gasteiger partial charge in [-0.3, -0.25) is 9.69 Å². The largest absolute Gasteiger partial charge is 0.356 e. The molecule has 2 aromatic rings. The van der Waals surface area contributed by atoms with Crippen molar-refractivity contribution in [3.63, 3.8) is 0 Å². The molecule has 0 bridgehead atoms. The molecule has 1 aromatic carbocycles. The number of hydrogen-bond acceptors (Lipinski definition) is 5. The molecule has 1 fully saturated rings. The van der Waals surface area contributed by atoms with Crippen molar-refractivity contribution in [2.45, 2.75) is 52.1 Å². The van der Waals surface area contributed by atoms with Gasteiger partial charge in [0, 0.05) is 24.5 Å². The van der Waals surface area contributed by atoms with E-state index in [2.05, 4.69) is 32.7 Å². The number of carbonyl (C=O) groups excluding carboxylic acids is 1. The predicted molar refractivity (Wildman–Crippen MR) is 109 cm³/mol. The molecule has 1 aliphatic rings. The average Bonchev–Trinajstić information content (AvgIpc) is 3.11. The summed E-state index contributed by atoms with van der Waals surface area (Å²) in [7, 11) is 0. The third-order valence-corrected chi connectivity index (χ3v) is 5.48. The van der Waals surface area contributed by atoms with Crippen molar-refractivity contribution in [2.24, 2.45) is 5.92 Å². The Labute approximate surface area is 171 Å². The van der Waals surface area contributed by atoms with Crippen molar-refractivity contribution in [1.82, 2.24) is 30.4 Å². The van der Waals surface area contributed by atoms with Crippen molar-refractivity contribution in [2.75, 3.05) is 19.6 Å². The Morgan fingerprint density at radius 2 is 2.14 bits per heavy atom. The van der Waals surface area contributed by atoms with E-state index in [9.17, 15) is 4.79 Å². The first-order chi connectivity index (χ1) is 13.6. The van der Waals surface area contributed by atoms with E-state index in [4.69, 9.17) is 11.6 Å². The Morgan fingerprint density at radius 3 is 2.93 bits per heavy atom. The Hall–Kier alpha value is -1.99. The van der Waals surface area contributed by atoms with Crippen molar-refractivity contribution < 1.29 is 4.79 Å². The minimum atomic E-state index is 0.0571. The lowest BCUT2D eigenvalue weighted by molar-refractivity contribution is -0.121. The maximum atomic E-state index is 12.1. The van der Waals surface area contributed by atoms with E-state index in [1.165, 1.54) is 12.8 Å². The first-order valence-electron chi connectivity index (χ1n) is 10.1. The minimum Gasteiger partial charge on any atom is -0.356 e. The quantitative estimate of drug-likeness (QED) is 0.695. The summed E-state index contributed by atoms with van der Waals surface area (Å²) in [6.07, 6.45) is 4.43. The van der Waals surface area contributed by atoms with E-state index in [0.717, 1.165) is 54.8 Å². The Balaban J connectivity index is 1.34. The number of aryl methyl sites for hydroxylation is 1. The molecule has 1 aliphatic heterocycles. The van der Waals surface area contributed by atoms with Crippen LogP contribution in [0.4, 0.5) is 0 Å². The Morgan fingerprint density at radius 1 is 1.32 bits per heavy atom. The fourth-order valence-corrected chi connectivity index (χ4v) is 3.66. The van der Waals surface area contributed by atoms with E-state index in [1.807, 2.05) is 28.9 Å². The monoisotopic (exact) mass is 404 g/mol. The zero-order valence-electron chi connectivity index (χ0n) is 16.5. The van der Waals surface area contributed by atoms with Gasteiger partial charge < -0.3 is 5.32 Å². The zero-order chi connectivity index (χ0) is 19.8. The molecule has 0 saturated carbocycles. The second kappa shape index (κ2) is 10.5. The van der Waals surface area contributed by atoms with Gasteiger partial charge in [-0.15, -0.1) is 5.10 Å². The molecule has 0 unspecified atom stereocenters. The number of nitrogens with one attached hydrogen (secondary N) is 1. The molecule has 0 radical (unpaired) electrons. The van der Waals surface area contributed by atoms with E-state index in [0.29, 0.717) is 19.5 Å². The zero-order valence-corrected chi connectivity index (χ0v) is 17.2. The average molecular weight is 405 g/mol. The highest BCUT2D eigenvalue weighted by Gasteiger charge is 2.18. The lowest BCUT2D eigenvalue weighted by atomic mass is 9.99. The predicted octanol–water partition coefficient (Wildman–Crippen LogP) is 2.70. The smallest absolute Gasteiger partial charge is 0.220 e. The number of benzene rings is 1. The Kier molecular flexibility index (Phi) is 7.80. The molecule has 8 heteroatoms. The summed E-state index contributed by atoms with van der Waals surface area (Å²) in [6, 6.07) is 7.71. The van der Waals surface area contributed by atoms with Crippen LogP contribution in [0.5, 0.6) is 0 Å². The van der Waals surface area contributed by atoms with Crippen molar-refractivity contribution in [1.29, 1.82) is 0 Å². The number of rotatable bonds is 9. The molecule has 2 heterocycles. The molecule has 0 aliphatic carbocycles. The first-order valence-corrected chi connectivity index (χ1v) is 10.5. The second-order valence-corrected chi connectivity index (χ2v) is 8.05. The van der Waals surface area contributed by atoms with Gasteiger partial charge >= 0.3 is 0 Å². The maximum Gasteiger partial charge on any atom is 0.220 e. The highest BCUT2D eigenvalue weighted by Crippen LogP contribution is 2.17. The number of hydrogen-bond donors (Lipinski definition) is 1. The van der Waals surface area contributed by atoms with Crippen LogP contribution in [0.2, 0.25) is 5.02 Å². The van der Waals surface area contributed by atoms with Crippen LogP contribution < -0.4 is 5.32 Å². The molecular weight excluding hydrogens is 376 g/mol. The highest BCUT2D eigenvalue weighted by molar-refractivity contribution is 6.30. The normalized spacial score (nSPS) is 15.6. The summed E-state index contributed by atoms with van der Waals surface area (Å²) < 4.78 is 1.83. The van der Waals surface area contributed by atoms with Gasteiger partial charge in [0.25, 0.3) is 0 Å². The van der Waals surface area contributed by atoms with Gasteiger partial charge in [-0.1, -0.05) is 30.7 Å². The van der Waals surface area contributed by atoms with Crippen molar-refractivity contribution in [3.8, 4) is 0 Å². The molecule has 3 rings (SSSR count). The summed E-state index contributed by atoms with van der Waals surface area (Å²) in [5.74, 6) is 1.75. The van der Waals surface area contributed by atoms with Crippen LogP contribution in [-0.2, 0) is 24.3 Å². The lowest BCUT2D eigenvalue weighted by Gasteiger charge is -2.29. The molecule has 1 saturated heterocycles. The lowest BCUT2D eigenvalue weighted by Crippen LogP contribution is -2.33. The topological polar surface area (TPSA) is 75.9 Å². The first kappa shape index (κ1) is 20.7. The number of piperidine rings is 1. The number of nitrogens with zero attached hydrogens (tertiary/aromatic N) is 5. The number of amides is 1. The minimum absolute atomic E-state index is 0.0571. The second-order valence-electron chi connectivity index (χ2n) is 7.61. The number of aromatic nitrogens is 4. The van der Waals surface area contributed by atoms with Gasteiger partial charge in [0.05, 0.1) is 6.54 Å². The summed E-state index contributed by atoms with van der Waals surface area (Å²) in [6.45, 7) is 6.57. The number of tetrazole rings is 1. The summed E-state index contributed by atoms with van der Waals surface area (Å²) in [4.78, 5) is 14.5. The molecule has 0 atom stereocenters. The van der Waals surface area contributed by atoms with Gasteiger partial charge in [0.2, 0.25) is 5.91 Å². The van der Waals surface area contributed by atoms with Crippen LogP contribution in [0.25, 0.3) is 0 Å². The third-order valence-electron chi connectivity index (χ3n) is 5.25. The van der Waals surface area contributed by atoms with Gasteiger partial charge in [-0.05, 0) is 72.8 Å². The molecule has 1 N–H and O–H groups in total. The summed E-state index contributed by atoms with van der Waals surface area (Å²) >= 11 is 5.98. The molecule has 7 nitrogen and oxygen atoms in total. The fourth-order valence-electron chi connectivity index (χ4n) is 3.45. The molecule has 152 valence electrons. The van der Waals surface area contributed by atoms with E-state index in [-0.39, 0.29) is 5.91 Å². The van der Waals surface area contributed by atoms with Gasteiger partial charge in [0.1, 0.15) is 0 Å². The van der Waals surface area contributed by atoms with Crippen molar-refractivity contribution >= 4 is 17.5 Å². The van der Waals surface area contributed by atoms with Crippen LogP contribution >= 0.6 is 11.6 Å². The van der Waals surface area contributed by atoms with Gasteiger partial charge in [-0.25, -0.2) is 4.68 Å². The van der Waals surface area contributed by atoms with Crippen molar-refractivity contribution in [3.05, 3.63) is 40.7 Å². The summed E-state index contributed by atoms with van der Waals surface area (Å²) in [5.41, 5.74) is 1.12. The molecule has 1 aromatic heterocycles.